The fourth-order valence-electron chi connectivity index (χ4n) is 1.68. The zero-order valence-corrected chi connectivity index (χ0v) is 13.5. The van der Waals surface area contributed by atoms with Crippen LogP contribution in [0.2, 0.25) is 0 Å². The van der Waals surface area contributed by atoms with Crippen molar-refractivity contribution in [1.29, 1.82) is 0 Å². The number of aryl methyl sites for hydroxylation is 1. The summed E-state index contributed by atoms with van der Waals surface area (Å²) in [7, 11) is 0. The highest BCUT2D eigenvalue weighted by molar-refractivity contribution is 9.10. The van der Waals surface area contributed by atoms with Gasteiger partial charge >= 0.3 is 0 Å². The van der Waals surface area contributed by atoms with E-state index in [9.17, 15) is 13.6 Å². The Labute approximate surface area is 131 Å². The highest BCUT2D eigenvalue weighted by Crippen LogP contribution is 2.24. The van der Waals surface area contributed by atoms with E-state index in [0.717, 1.165) is 22.2 Å². The molecule has 2 aromatic carbocycles. The highest BCUT2D eigenvalue weighted by Gasteiger charge is 2.13. The monoisotopic (exact) mass is 403 g/mol. The minimum absolute atomic E-state index is 0.00583. The van der Waals surface area contributed by atoms with Gasteiger partial charge in [0.15, 0.2) is 0 Å². The van der Waals surface area contributed by atoms with Gasteiger partial charge in [0.1, 0.15) is 11.6 Å². The maximum absolute atomic E-state index is 13.6. The van der Waals surface area contributed by atoms with Crippen LogP contribution in [0.4, 0.5) is 14.5 Å². The van der Waals surface area contributed by atoms with Crippen LogP contribution in [0.1, 0.15) is 15.9 Å². The second kappa shape index (κ2) is 6.01. The predicted molar refractivity (Wildman–Crippen MR) is 80.9 cm³/mol. The van der Waals surface area contributed by atoms with Crippen LogP contribution >= 0.6 is 31.9 Å². The van der Waals surface area contributed by atoms with Gasteiger partial charge in [-0.25, -0.2) is 8.78 Å². The molecule has 1 N–H and O–H groups in total. The number of hydrogen-bond acceptors (Lipinski definition) is 1. The van der Waals surface area contributed by atoms with E-state index >= 15 is 0 Å². The molecule has 0 unspecified atom stereocenters. The molecule has 2 aromatic rings. The molecule has 0 atom stereocenters. The van der Waals surface area contributed by atoms with Crippen molar-refractivity contribution in [2.24, 2.45) is 0 Å². The number of amides is 1. The number of carbonyl (C=O) groups is 1. The van der Waals surface area contributed by atoms with E-state index in [-0.39, 0.29) is 10.2 Å². The molecule has 2 nitrogen and oxygen atoms in total. The first-order chi connectivity index (χ1) is 9.36. The molecule has 2 rings (SSSR count). The summed E-state index contributed by atoms with van der Waals surface area (Å²) in [4.78, 5) is 12.0. The van der Waals surface area contributed by atoms with Gasteiger partial charge in [0, 0.05) is 16.1 Å². The fraction of sp³-hybridized carbons (Fsp3) is 0.0714. The van der Waals surface area contributed by atoms with Crippen LogP contribution in [-0.2, 0) is 0 Å². The molecular formula is C14H9Br2F2NO. The maximum Gasteiger partial charge on any atom is 0.255 e. The molecule has 0 heterocycles. The van der Waals surface area contributed by atoms with E-state index in [4.69, 9.17) is 0 Å². The van der Waals surface area contributed by atoms with Crippen molar-refractivity contribution in [2.45, 2.75) is 6.92 Å². The number of hydrogen-bond donors (Lipinski definition) is 1. The van der Waals surface area contributed by atoms with Crippen molar-refractivity contribution in [3.05, 3.63) is 62.0 Å². The van der Waals surface area contributed by atoms with Gasteiger partial charge in [-0.2, -0.15) is 0 Å². The number of carbonyl (C=O) groups excluding carboxylic acids is 1. The molecule has 20 heavy (non-hydrogen) atoms. The van der Waals surface area contributed by atoms with Crippen molar-refractivity contribution < 1.29 is 13.6 Å². The third-order valence-corrected chi connectivity index (χ3v) is 3.63. The summed E-state index contributed by atoms with van der Waals surface area (Å²) in [6.45, 7) is 1.83. The Morgan fingerprint density at radius 3 is 2.40 bits per heavy atom. The van der Waals surface area contributed by atoms with E-state index in [0.29, 0.717) is 5.56 Å². The summed E-state index contributed by atoms with van der Waals surface area (Å²) in [5.41, 5.74) is 1.04. The zero-order valence-electron chi connectivity index (χ0n) is 10.3. The standard InChI is InChI=1S/C14H9Br2F2NO/c1-7-2-8(4-9(15)3-7)14(20)19-13-6-11(17)10(16)5-12(13)18/h2-6H,1H3,(H,19,20). The third-order valence-electron chi connectivity index (χ3n) is 2.56. The lowest BCUT2D eigenvalue weighted by Gasteiger charge is -2.08. The van der Waals surface area contributed by atoms with Crippen LogP contribution in [0.3, 0.4) is 0 Å². The number of nitrogens with one attached hydrogen (secondary N) is 1. The molecule has 0 spiro atoms. The van der Waals surface area contributed by atoms with Crippen molar-refractivity contribution in [3.8, 4) is 0 Å². The van der Waals surface area contributed by atoms with Gasteiger partial charge in [0.25, 0.3) is 5.91 Å². The van der Waals surface area contributed by atoms with Crippen LogP contribution in [0.5, 0.6) is 0 Å². The lowest BCUT2D eigenvalue weighted by Crippen LogP contribution is -2.13. The van der Waals surface area contributed by atoms with E-state index in [1.165, 1.54) is 0 Å². The second-order valence-corrected chi connectivity index (χ2v) is 5.99. The fourth-order valence-corrected chi connectivity index (χ4v) is 2.60. The molecule has 0 saturated carbocycles. The molecule has 0 aliphatic heterocycles. The smallest absolute Gasteiger partial charge is 0.255 e. The molecule has 0 saturated heterocycles. The summed E-state index contributed by atoms with van der Waals surface area (Å²) in [6.07, 6.45) is 0. The average molecular weight is 405 g/mol. The molecule has 0 aliphatic carbocycles. The van der Waals surface area contributed by atoms with Gasteiger partial charge in [-0.1, -0.05) is 15.9 Å². The molecule has 0 aromatic heterocycles. The summed E-state index contributed by atoms with van der Waals surface area (Å²) in [5.74, 6) is -1.86. The van der Waals surface area contributed by atoms with Gasteiger partial charge in [-0.05, 0) is 52.7 Å². The van der Waals surface area contributed by atoms with E-state index in [1.54, 1.807) is 12.1 Å². The van der Waals surface area contributed by atoms with Crippen molar-refractivity contribution in [1.82, 2.24) is 0 Å². The number of benzene rings is 2. The third kappa shape index (κ3) is 3.43. The summed E-state index contributed by atoms with van der Waals surface area (Å²) in [5, 5.41) is 2.35. The molecule has 0 radical (unpaired) electrons. The first kappa shape index (κ1) is 15.1. The zero-order chi connectivity index (χ0) is 14.9. The summed E-state index contributed by atoms with van der Waals surface area (Å²) >= 11 is 6.16. The van der Waals surface area contributed by atoms with Crippen molar-refractivity contribution in [2.75, 3.05) is 5.32 Å². The quantitative estimate of drug-likeness (QED) is 0.697. The van der Waals surface area contributed by atoms with Crippen LogP contribution in [0, 0.1) is 18.6 Å². The Bertz CT molecular complexity index is 669. The number of halogens is 4. The number of anilines is 1. The molecule has 0 bridgehead atoms. The van der Waals surface area contributed by atoms with Crippen LogP contribution in [0.15, 0.2) is 39.3 Å². The molecule has 0 fully saturated rings. The average Bonchev–Trinajstić information content (AvgIpc) is 2.34. The summed E-state index contributed by atoms with van der Waals surface area (Å²) in [6, 6.07) is 7.01. The molecule has 104 valence electrons. The highest BCUT2D eigenvalue weighted by atomic mass is 79.9. The van der Waals surface area contributed by atoms with Crippen molar-refractivity contribution in [3.63, 3.8) is 0 Å². The first-order valence-electron chi connectivity index (χ1n) is 5.60. The van der Waals surface area contributed by atoms with Gasteiger partial charge in [0.2, 0.25) is 0 Å². The van der Waals surface area contributed by atoms with Gasteiger partial charge in [-0.15, -0.1) is 0 Å². The second-order valence-electron chi connectivity index (χ2n) is 4.22. The number of rotatable bonds is 2. The lowest BCUT2D eigenvalue weighted by molar-refractivity contribution is 0.102. The topological polar surface area (TPSA) is 29.1 Å². The van der Waals surface area contributed by atoms with Crippen LogP contribution in [0.25, 0.3) is 0 Å². The lowest BCUT2D eigenvalue weighted by atomic mass is 10.1. The Kier molecular flexibility index (Phi) is 4.55. The molecule has 1 amide bonds. The Morgan fingerprint density at radius 2 is 1.75 bits per heavy atom. The Hall–Kier alpha value is -1.27. The Balaban J connectivity index is 2.30. The van der Waals surface area contributed by atoms with Crippen molar-refractivity contribution >= 4 is 43.5 Å². The van der Waals surface area contributed by atoms with Gasteiger partial charge in [-0.3, -0.25) is 4.79 Å². The SMILES string of the molecule is Cc1cc(Br)cc(C(=O)Nc2cc(F)c(Br)cc2F)c1. The van der Waals surface area contributed by atoms with E-state index in [2.05, 4.69) is 37.2 Å². The van der Waals surface area contributed by atoms with Gasteiger partial charge < -0.3 is 5.32 Å². The predicted octanol–water partition coefficient (Wildman–Crippen LogP) is 5.05. The van der Waals surface area contributed by atoms with Crippen LogP contribution in [-0.4, -0.2) is 5.91 Å². The van der Waals surface area contributed by atoms with Gasteiger partial charge in [0.05, 0.1) is 10.2 Å². The van der Waals surface area contributed by atoms with E-state index < -0.39 is 17.5 Å². The largest absolute Gasteiger partial charge is 0.319 e. The first-order valence-corrected chi connectivity index (χ1v) is 7.18. The minimum atomic E-state index is -0.710. The normalized spacial score (nSPS) is 10.4. The summed E-state index contributed by atoms with van der Waals surface area (Å²) < 4.78 is 27.8. The Morgan fingerprint density at radius 1 is 1.05 bits per heavy atom. The van der Waals surface area contributed by atoms with Crippen LogP contribution < -0.4 is 5.32 Å². The molecule has 0 aliphatic rings. The molecular weight excluding hydrogens is 396 g/mol. The molecule has 6 heteroatoms. The minimum Gasteiger partial charge on any atom is -0.319 e. The maximum atomic E-state index is 13.6. The van der Waals surface area contributed by atoms with E-state index in [1.807, 2.05) is 13.0 Å².